The lowest BCUT2D eigenvalue weighted by atomic mass is 10.1. The maximum Gasteiger partial charge on any atom is 0.0931 e. The second-order valence-corrected chi connectivity index (χ2v) is 6.38. The van der Waals surface area contributed by atoms with Crippen molar-refractivity contribution < 1.29 is 5.11 Å². The minimum absolute atomic E-state index is 0.365. The number of hydrogen-bond acceptors (Lipinski definition) is 3. The molecule has 4 heteroatoms. The first-order valence-corrected chi connectivity index (χ1v) is 7.53. The normalized spacial score (nSPS) is 12.4. The Morgan fingerprint density at radius 3 is 2.42 bits per heavy atom. The molecule has 1 atom stereocenters. The summed E-state index contributed by atoms with van der Waals surface area (Å²) in [5.74, 6) is 0. The zero-order chi connectivity index (χ0) is 13.8. The van der Waals surface area contributed by atoms with Gasteiger partial charge in [0, 0.05) is 17.6 Å². The molecular formula is C15H18ClNOS. The summed E-state index contributed by atoms with van der Waals surface area (Å²) in [6.07, 6.45) is 0.374. The third-order valence-corrected chi connectivity index (χ3v) is 4.34. The van der Waals surface area contributed by atoms with E-state index in [1.165, 1.54) is 4.88 Å². The Hall–Kier alpha value is -1.03. The smallest absolute Gasteiger partial charge is 0.0931 e. The molecule has 1 aromatic heterocycles. The van der Waals surface area contributed by atoms with Gasteiger partial charge in [0.2, 0.25) is 0 Å². The lowest BCUT2D eigenvalue weighted by Gasteiger charge is -2.19. The van der Waals surface area contributed by atoms with E-state index in [0.717, 1.165) is 28.6 Å². The maximum absolute atomic E-state index is 9.77. The predicted octanol–water partition coefficient (Wildman–Crippen LogP) is 4.48. The van der Waals surface area contributed by atoms with Crippen molar-refractivity contribution in [3.05, 3.63) is 51.2 Å². The van der Waals surface area contributed by atoms with Crippen molar-refractivity contribution in [2.45, 2.75) is 26.0 Å². The Morgan fingerprint density at radius 1 is 1.21 bits per heavy atom. The minimum atomic E-state index is -0.365. The summed E-state index contributed by atoms with van der Waals surface area (Å²) in [4.78, 5) is 3.41. The lowest BCUT2D eigenvalue weighted by molar-refractivity contribution is 0.173. The summed E-state index contributed by atoms with van der Waals surface area (Å²) in [6, 6.07) is 12.0. The van der Waals surface area contributed by atoms with Gasteiger partial charge < -0.3 is 10.0 Å². The molecule has 2 nitrogen and oxygen atoms in total. The molecule has 19 heavy (non-hydrogen) atoms. The van der Waals surface area contributed by atoms with Crippen LogP contribution < -0.4 is 4.90 Å². The van der Waals surface area contributed by atoms with Gasteiger partial charge in [-0.05, 0) is 36.2 Å². The molecular weight excluding hydrogens is 278 g/mol. The third kappa shape index (κ3) is 3.72. The molecule has 0 saturated heterocycles. The number of thiophene rings is 1. The highest BCUT2D eigenvalue weighted by molar-refractivity contribution is 7.16. The summed E-state index contributed by atoms with van der Waals surface area (Å²) in [5, 5.41) is 9.77. The van der Waals surface area contributed by atoms with Crippen LogP contribution in [0.15, 0.2) is 36.4 Å². The average Bonchev–Trinajstić information content (AvgIpc) is 2.83. The van der Waals surface area contributed by atoms with Gasteiger partial charge in [-0.2, -0.15) is 0 Å². The summed E-state index contributed by atoms with van der Waals surface area (Å²) < 4.78 is 0.824. The molecule has 2 rings (SSSR count). The monoisotopic (exact) mass is 295 g/mol. The zero-order valence-electron chi connectivity index (χ0n) is 11.1. The Bertz CT molecular complexity index is 523. The molecule has 1 heterocycles. The summed E-state index contributed by atoms with van der Waals surface area (Å²) in [6.45, 7) is 2.82. The van der Waals surface area contributed by atoms with Crippen LogP contribution in [0.2, 0.25) is 4.34 Å². The van der Waals surface area contributed by atoms with Crippen molar-refractivity contribution >= 4 is 28.6 Å². The van der Waals surface area contributed by atoms with Crippen LogP contribution >= 0.6 is 22.9 Å². The Labute approximate surface area is 123 Å². The maximum atomic E-state index is 9.77. The molecule has 102 valence electrons. The van der Waals surface area contributed by atoms with Gasteiger partial charge in [-0.3, -0.25) is 0 Å². The van der Waals surface area contributed by atoms with Crippen molar-refractivity contribution in [3.8, 4) is 0 Å². The van der Waals surface area contributed by atoms with Crippen LogP contribution in [-0.2, 0) is 6.54 Å². The van der Waals surface area contributed by atoms with E-state index in [0.29, 0.717) is 0 Å². The van der Waals surface area contributed by atoms with Crippen LogP contribution in [0.4, 0.5) is 5.69 Å². The number of rotatable bonds is 5. The van der Waals surface area contributed by atoms with Crippen LogP contribution in [0.1, 0.15) is 29.9 Å². The van der Waals surface area contributed by atoms with E-state index in [-0.39, 0.29) is 6.10 Å². The largest absolute Gasteiger partial charge is 0.388 e. The van der Waals surface area contributed by atoms with E-state index in [2.05, 4.69) is 18.0 Å². The summed E-state index contributed by atoms with van der Waals surface area (Å²) >= 11 is 7.54. The standard InChI is InChI=1S/C15H18ClNOS/c1-3-14(18)11-4-6-12(7-5-11)17(2)10-13-8-9-15(16)19-13/h4-9,14,18H,3,10H2,1-2H3/t14-/m0/s1. The van der Waals surface area contributed by atoms with Gasteiger partial charge in [0.1, 0.15) is 0 Å². The summed E-state index contributed by atoms with van der Waals surface area (Å²) in [5.41, 5.74) is 2.11. The quantitative estimate of drug-likeness (QED) is 0.879. The second kappa shape index (κ2) is 6.42. The molecule has 0 amide bonds. The fourth-order valence-corrected chi connectivity index (χ4v) is 3.09. The fourth-order valence-electron chi connectivity index (χ4n) is 1.95. The van der Waals surface area contributed by atoms with Crippen molar-refractivity contribution in [1.29, 1.82) is 0 Å². The third-order valence-electron chi connectivity index (χ3n) is 3.13. The number of aliphatic hydroxyl groups excluding tert-OH is 1. The molecule has 0 fully saturated rings. The number of hydrogen-bond donors (Lipinski definition) is 1. The topological polar surface area (TPSA) is 23.5 Å². The van der Waals surface area contributed by atoms with E-state index in [4.69, 9.17) is 11.6 Å². The van der Waals surface area contributed by atoms with E-state index in [1.807, 2.05) is 37.3 Å². The number of nitrogens with zero attached hydrogens (tertiary/aromatic N) is 1. The van der Waals surface area contributed by atoms with Crippen molar-refractivity contribution in [2.24, 2.45) is 0 Å². The van der Waals surface area contributed by atoms with E-state index in [9.17, 15) is 5.11 Å². The molecule has 0 aliphatic heterocycles. The minimum Gasteiger partial charge on any atom is -0.388 e. The highest BCUT2D eigenvalue weighted by atomic mass is 35.5. The van der Waals surface area contributed by atoms with Gasteiger partial charge >= 0.3 is 0 Å². The van der Waals surface area contributed by atoms with Gasteiger partial charge in [0.05, 0.1) is 17.0 Å². The number of aliphatic hydroxyl groups is 1. The number of halogens is 1. The SMILES string of the molecule is CC[C@H](O)c1ccc(N(C)Cc2ccc(Cl)s2)cc1. The highest BCUT2D eigenvalue weighted by Gasteiger charge is 2.07. The number of anilines is 1. The Kier molecular flexibility index (Phi) is 4.86. The average molecular weight is 296 g/mol. The first-order valence-electron chi connectivity index (χ1n) is 6.33. The molecule has 0 bridgehead atoms. The van der Waals surface area contributed by atoms with Crippen LogP contribution in [0.3, 0.4) is 0 Å². The molecule has 1 aromatic carbocycles. The second-order valence-electron chi connectivity index (χ2n) is 4.58. The molecule has 2 aromatic rings. The molecule has 0 radical (unpaired) electrons. The van der Waals surface area contributed by atoms with Crippen molar-refractivity contribution in [2.75, 3.05) is 11.9 Å². The fraction of sp³-hybridized carbons (Fsp3) is 0.333. The molecule has 0 unspecified atom stereocenters. The lowest BCUT2D eigenvalue weighted by Crippen LogP contribution is -2.15. The van der Waals surface area contributed by atoms with E-state index in [1.54, 1.807) is 11.3 Å². The Balaban J connectivity index is 2.05. The molecule has 0 saturated carbocycles. The Morgan fingerprint density at radius 2 is 1.89 bits per heavy atom. The van der Waals surface area contributed by atoms with Crippen molar-refractivity contribution in [1.82, 2.24) is 0 Å². The van der Waals surface area contributed by atoms with E-state index < -0.39 is 0 Å². The van der Waals surface area contributed by atoms with Gasteiger partial charge in [0.15, 0.2) is 0 Å². The first-order chi connectivity index (χ1) is 9.10. The van der Waals surface area contributed by atoms with E-state index >= 15 is 0 Å². The summed E-state index contributed by atoms with van der Waals surface area (Å²) in [7, 11) is 2.05. The molecule has 1 N–H and O–H groups in total. The van der Waals surface area contributed by atoms with Crippen molar-refractivity contribution in [3.63, 3.8) is 0 Å². The highest BCUT2D eigenvalue weighted by Crippen LogP contribution is 2.25. The van der Waals surface area contributed by atoms with Crippen LogP contribution in [-0.4, -0.2) is 12.2 Å². The van der Waals surface area contributed by atoms with Crippen LogP contribution in [0.25, 0.3) is 0 Å². The molecule has 0 aliphatic rings. The van der Waals surface area contributed by atoms with Gasteiger partial charge in [-0.1, -0.05) is 30.7 Å². The van der Waals surface area contributed by atoms with Gasteiger partial charge in [-0.25, -0.2) is 0 Å². The number of benzene rings is 1. The zero-order valence-corrected chi connectivity index (χ0v) is 12.7. The predicted molar refractivity (Wildman–Crippen MR) is 83.1 cm³/mol. The molecule has 0 aliphatic carbocycles. The van der Waals surface area contributed by atoms with Gasteiger partial charge in [0.25, 0.3) is 0 Å². The van der Waals surface area contributed by atoms with Gasteiger partial charge in [-0.15, -0.1) is 11.3 Å². The molecule has 0 spiro atoms. The van der Waals surface area contributed by atoms with Crippen LogP contribution in [0.5, 0.6) is 0 Å². The van der Waals surface area contributed by atoms with Crippen LogP contribution in [0, 0.1) is 0 Å². The first kappa shape index (κ1) is 14.4.